The molecule has 0 aliphatic heterocycles. The van der Waals surface area contributed by atoms with E-state index in [9.17, 15) is 0 Å². The van der Waals surface area contributed by atoms with E-state index in [1.54, 1.807) is 6.26 Å². The number of aromatic nitrogens is 3. The molecule has 0 aliphatic carbocycles. The summed E-state index contributed by atoms with van der Waals surface area (Å²) in [6.45, 7) is 3.39. The van der Waals surface area contributed by atoms with Crippen molar-refractivity contribution in [3.63, 3.8) is 0 Å². The number of furan rings is 1. The Morgan fingerprint density at radius 1 is 1.22 bits per heavy atom. The summed E-state index contributed by atoms with van der Waals surface area (Å²) in [4.78, 5) is 0. The molecular formula is C13H14N4O. The first-order valence-corrected chi connectivity index (χ1v) is 5.87. The summed E-state index contributed by atoms with van der Waals surface area (Å²) in [6, 6.07) is 7.82. The minimum atomic E-state index is 0.658. The van der Waals surface area contributed by atoms with Crippen molar-refractivity contribution in [2.24, 2.45) is 0 Å². The van der Waals surface area contributed by atoms with E-state index in [1.165, 1.54) is 0 Å². The predicted octanol–water partition coefficient (Wildman–Crippen LogP) is 1.92. The molecule has 3 rings (SSSR count). The first-order valence-electron chi connectivity index (χ1n) is 5.87. The highest BCUT2D eigenvalue weighted by Gasteiger charge is 2.05. The quantitative estimate of drug-likeness (QED) is 0.759. The second-order valence-electron chi connectivity index (χ2n) is 4.18. The van der Waals surface area contributed by atoms with Crippen LogP contribution in [-0.2, 0) is 13.1 Å². The molecule has 3 aromatic rings. The Bertz CT molecular complexity index is 656. The number of hydrogen-bond acceptors (Lipinski definition) is 4. The van der Waals surface area contributed by atoms with Gasteiger partial charge in [0.05, 0.1) is 19.4 Å². The van der Waals surface area contributed by atoms with E-state index in [1.807, 2.05) is 41.8 Å². The van der Waals surface area contributed by atoms with Gasteiger partial charge in [-0.05, 0) is 30.7 Å². The van der Waals surface area contributed by atoms with Crippen LogP contribution in [0.4, 0.5) is 0 Å². The summed E-state index contributed by atoms with van der Waals surface area (Å²) < 4.78 is 7.34. The van der Waals surface area contributed by atoms with Gasteiger partial charge in [-0.3, -0.25) is 4.40 Å². The van der Waals surface area contributed by atoms with Gasteiger partial charge in [-0.1, -0.05) is 6.07 Å². The lowest BCUT2D eigenvalue weighted by Gasteiger charge is -2.02. The van der Waals surface area contributed by atoms with Crippen LogP contribution >= 0.6 is 0 Å². The van der Waals surface area contributed by atoms with Crippen molar-refractivity contribution in [1.82, 2.24) is 19.9 Å². The number of nitrogens with zero attached hydrogens (tertiary/aromatic N) is 3. The van der Waals surface area contributed by atoms with Gasteiger partial charge < -0.3 is 9.73 Å². The van der Waals surface area contributed by atoms with E-state index >= 15 is 0 Å². The fourth-order valence-corrected chi connectivity index (χ4v) is 1.88. The lowest BCUT2D eigenvalue weighted by atomic mass is 10.3. The van der Waals surface area contributed by atoms with Gasteiger partial charge in [-0.15, -0.1) is 10.2 Å². The third-order valence-corrected chi connectivity index (χ3v) is 2.92. The molecule has 0 fully saturated rings. The molecule has 3 heterocycles. The van der Waals surface area contributed by atoms with Crippen LogP contribution in [0.5, 0.6) is 0 Å². The van der Waals surface area contributed by atoms with Crippen LogP contribution in [-0.4, -0.2) is 14.6 Å². The Labute approximate surface area is 104 Å². The second kappa shape index (κ2) is 4.62. The first kappa shape index (κ1) is 11.0. The highest BCUT2D eigenvalue weighted by Crippen LogP contribution is 2.08. The molecule has 0 atom stereocenters. The molecule has 5 heteroatoms. The van der Waals surface area contributed by atoms with Crippen LogP contribution in [0.2, 0.25) is 0 Å². The number of hydrogen-bond donors (Lipinski definition) is 1. The van der Waals surface area contributed by atoms with Gasteiger partial charge in [0.2, 0.25) is 0 Å². The Morgan fingerprint density at radius 2 is 2.17 bits per heavy atom. The Kier molecular flexibility index (Phi) is 2.82. The molecule has 0 saturated carbocycles. The number of fused-ring (bicyclic) bond motifs is 1. The van der Waals surface area contributed by atoms with Gasteiger partial charge in [0.1, 0.15) is 5.76 Å². The molecule has 0 bridgehead atoms. The summed E-state index contributed by atoms with van der Waals surface area (Å²) in [5, 5.41) is 11.6. The van der Waals surface area contributed by atoms with Gasteiger partial charge >= 0.3 is 0 Å². The lowest BCUT2D eigenvalue weighted by molar-refractivity contribution is 0.477. The van der Waals surface area contributed by atoms with Gasteiger partial charge in [-0.25, -0.2) is 0 Å². The standard InChI is InChI=1S/C13H14N4O/c1-10-5-7-18-11(10)8-14-9-13-16-15-12-4-2-3-6-17(12)13/h2-7,14H,8-9H2,1H3. The normalized spacial score (nSPS) is 11.2. The van der Waals surface area contributed by atoms with Crippen LogP contribution in [0.25, 0.3) is 5.65 Å². The highest BCUT2D eigenvalue weighted by atomic mass is 16.3. The van der Waals surface area contributed by atoms with Crippen LogP contribution in [0.3, 0.4) is 0 Å². The zero-order valence-electron chi connectivity index (χ0n) is 10.1. The number of aryl methyl sites for hydroxylation is 1. The Hall–Kier alpha value is -2.14. The van der Waals surface area contributed by atoms with Crippen molar-refractivity contribution in [2.45, 2.75) is 20.0 Å². The molecular weight excluding hydrogens is 228 g/mol. The highest BCUT2D eigenvalue weighted by molar-refractivity contribution is 5.36. The third-order valence-electron chi connectivity index (χ3n) is 2.92. The molecule has 0 radical (unpaired) electrons. The van der Waals surface area contributed by atoms with Gasteiger partial charge in [0.25, 0.3) is 0 Å². The molecule has 0 aromatic carbocycles. The second-order valence-corrected chi connectivity index (χ2v) is 4.18. The van der Waals surface area contributed by atoms with Crippen LogP contribution in [0.15, 0.2) is 41.1 Å². The fourth-order valence-electron chi connectivity index (χ4n) is 1.88. The molecule has 5 nitrogen and oxygen atoms in total. The van der Waals surface area contributed by atoms with E-state index < -0.39 is 0 Å². The van der Waals surface area contributed by atoms with Gasteiger partial charge in [-0.2, -0.15) is 0 Å². The molecule has 0 saturated heterocycles. The van der Waals surface area contributed by atoms with Gasteiger partial charge in [0, 0.05) is 6.20 Å². The minimum absolute atomic E-state index is 0.658. The maximum Gasteiger partial charge on any atom is 0.160 e. The summed E-state index contributed by atoms with van der Waals surface area (Å²) >= 11 is 0. The van der Waals surface area contributed by atoms with E-state index in [2.05, 4.69) is 15.5 Å². The third kappa shape index (κ3) is 2.00. The van der Waals surface area contributed by atoms with Crippen molar-refractivity contribution < 1.29 is 4.42 Å². The zero-order valence-corrected chi connectivity index (χ0v) is 10.1. The van der Waals surface area contributed by atoms with Crippen molar-refractivity contribution in [2.75, 3.05) is 0 Å². The van der Waals surface area contributed by atoms with Crippen molar-refractivity contribution in [3.8, 4) is 0 Å². The van der Waals surface area contributed by atoms with Crippen molar-refractivity contribution in [1.29, 1.82) is 0 Å². The summed E-state index contributed by atoms with van der Waals surface area (Å²) in [5.74, 6) is 1.86. The lowest BCUT2D eigenvalue weighted by Crippen LogP contribution is -2.15. The summed E-state index contributed by atoms with van der Waals surface area (Å²) in [6.07, 6.45) is 3.67. The van der Waals surface area contributed by atoms with E-state index in [4.69, 9.17) is 4.42 Å². The van der Waals surface area contributed by atoms with Crippen LogP contribution in [0, 0.1) is 6.92 Å². The van der Waals surface area contributed by atoms with Crippen LogP contribution in [0.1, 0.15) is 17.1 Å². The molecule has 92 valence electrons. The Balaban J connectivity index is 1.68. The van der Waals surface area contributed by atoms with Crippen molar-refractivity contribution in [3.05, 3.63) is 53.9 Å². The fraction of sp³-hybridized carbons (Fsp3) is 0.231. The molecule has 18 heavy (non-hydrogen) atoms. The summed E-state index contributed by atoms with van der Waals surface area (Å²) in [5.41, 5.74) is 2.03. The van der Waals surface area contributed by atoms with Gasteiger partial charge in [0.15, 0.2) is 11.5 Å². The minimum Gasteiger partial charge on any atom is -0.468 e. The maximum absolute atomic E-state index is 5.37. The molecule has 1 N–H and O–H groups in total. The topological polar surface area (TPSA) is 55.4 Å². The molecule has 0 spiro atoms. The molecule has 0 aliphatic rings. The number of rotatable bonds is 4. The molecule has 3 aromatic heterocycles. The van der Waals surface area contributed by atoms with Crippen molar-refractivity contribution >= 4 is 5.65 Å². The first-order chi connectivity index (χ1) is 8.84. The summed E-state index contributed by atoms with van der Waals surface area (Å²) in [7, 11) is 0. The smallest absolute Gasteiger partial charge is 0.160 e. The maximum atomic E-state index is 5.37. The average molecular weight is 242 g/mol. The van der Waals surface area contributed by atoms with Crippen LogP contribution < -0.4 is 5.32 Å². The number of pyridine rings is 1. The Morgan fingerprint density at radius 3 is 3.00 bits per heavy atom. The number of nitrogens with one attached hydrogen (secondary N) is 1. The SMILES string of the molecule is Cc1ccoc1CNCc1nnc2ccccn12. The average Bonchev–Trinajstić information content (AvgIpc) is 2.97. The molecule has 0 amide bonds. The van der Waals surface area contributed by atoms with E-state index in [0.717, 1.165) is 22.8 Å². The zero-order chi connectivity index (χ0) is 12.4. The largest absolute Gasteiger partial charge is 0.468 e. The van der Waals surface area contributed by atoms with E-state index in [0.29, 0.717) is 13.1 Å². The van der Waals surface area contributed by atoms with E-state index in [-0.39, 0.29) is 0 Å². The molecule has 0 unspecified atom stereocenters. The predicted molar refractivity (Wildman–Crippen MR) is 67.0 cm³/mol. The monoisotopic (exact) mass is 242 g/mol.